The second-order valence-electron chi connectivity index (χ2n) is 1.84. The second-order valence-corrected chi connectivity index (χ2v) is 1.84. The lowest BCUT2D eigenvalue weighted by atomic mass is 10.4. The lowest BCUT2D eigenvalue weighted by molar-refractivity contribution is -0.199. The summed E-state index contributed by atoms with van der Waals surface area (Å²) in [4.78, 5) is 9.97. The Morgan fingerprint density at radius 2 is 2.00 bits per heavy atom. The molecule has 0 saturated carbocycles. The molecule has 0 unspecified atom stereocenters. The Balaban J connectivity index is 3.54. The summed E-state index contributed by atoms with van der Waals surface area (Å²) in [5.41, 5.74) is 0. The summed E-state index contributed by atoms with van der Waals surface area (Å²) in [6.45, 7) is 3.15. The molecule has 0 aliphatic carbocycles. The highest BCUT2D eigenvalue weighted by Crippen LogP contribution is 2.16. The number of hydrogen-bond acceptors (Lipinski definition) is 2. The van der Waals surface area contributed by atoms with Crippen LogP contribution in [0.15, 0.2) is 0 Å². The van der Waals surface area contributed by atoms with Gasteiger partial charge in [0, 0.05) is 0 Å². The number of carbonyl (C=O) groups excluding carboxylic acids is 1. The quantitative estimate of drug-likeness (QED) is 0.474. The van der Waals surface area contributed by atoms with E-state index in [1.165, 1.54) is 0 Å². The average Bonchev–Trinajstić information content (AvgIpc) is 1.86. The van der Waals surface area contributed by atoms with Crippen LogP contribution >= 0.6 is 0 Å². The normalized spacial score (nSPS) is 11.3. The van der Waals surface area contributed by atoms with Crippen molar-refractivity contribution in [1.82, 2.24) is 0 Å². The van der Waals surface area contributed by atoms with Gasteiger partial charge in [-0.1, -0.05) is 13.3 Å². The summed E-state index contributed by atoms with van der Waals surface area (Å²) in [6, 6.07) is 0. The van der Waals surface area contributed by atoms with E-state index in [0.29, 0.717) is 12.8 Å². The molecule has 0 atom stereocenters. The van der Waals surface area contributed by atoms with Crippen LogP contribution in [0.2, 0.25) is 0 Å². The molecule has 65 valence electrons. The first kappa shape index (κ1) is 10.3. The van der Waals surface area contributed by atoms with Gasteiger partial charge in [0.25, 0.3) is 0 Å². The summed E-state index contributed by atoms with van der Waals surface area (Å²) < 4.78 is 38.0. The Hall–Kier alpha value is -0.740. The Morgan fingerprint density at radius 1 is 1.45 bits per heavy atom. The second kappa shape index (κ2) is 4.20. The SMILES string of the molecule is [CH2]CCCOC(=O)C(F)(F)F. The minimum absolute atomic E-state index is 0.220. The third-order valence-corrected chi connectivity index (χ3v) is 0.859. The van der Waals surface area contributed by atoms with Gasteiger partial charge in [0.15, 0.2) is 0 Å². The first-order valence-corrected chi connectivity index (χ1v) is 3.01. The van der Waals surface area contributed by atoms with Crippen molar-refractivity contribution in [2.75, 3.05) is 6.61 Å². The Bertz CT molecular complexity index is 130. The van der Waals surface area contributed by atoms with Gasteiger partial charge in [0.1, 0.15) is 0 Å². The zero-order chi connectivity index (χ0) is 8.91. The van der Waals surface area contributed by atoms with Gasteiger partial charge in [-0.3, -0.25) is 0 Å². The number of carbonyl (C=O) groups is 1. The lowest BCUT2D eigenvalue weighted by Gasteiger charge is -2.05. The van der Waals surface area contributed by atoms with Crippen molar-refractivity contribution in [1.29, 1.82) is 0 Å². The van der Waals surface area contributed by atoms with Crippen molar-refractivity contribution in [3.8, 4) is 0 Å². The van der Waals surface area contributed by atoms with E-state index in [4.69, 9.17) is 0 Å². The van der Waals surface area contributed by atoms with Crippen molar-refractivity contribution in [2.45, 2.75) is 19.0 Å². The average molecular weight is 169 g/mol. The van der Waals surface area contributed by atoms with E-state index in [9.17, 15) is 18.0 Å². The van der Waals surface area contributed by atoms with Gasteiger partial charge in [-0.15, -0.1) is 0 Å². The van der Waals surface area contributed by atoms with Crippen molar-refractivity contribution < 1.29 is 22.7 Å². The fourth-order valence-corrected chi connectivity index (χ4v) is 0.349. The van der Waals surface area contributed by atoms with Gasteiger partial charge in [0.05, 0.1) is 6.61 Å². The van der Waals surface area contributed by atoms with Crippen molar-refractivity contribution >= 4 is 5.97 Å². The molecule has 0 spiro atoms. The van der Waals surface area contributed by atoms with Gasteiger partial charge >= 0.3 is 12.1 Å². The highest BCUT2D eigenvalue weighted by molar-refractivity contribution is 5.75. The highest BCUT2D eigenvalue weighted by atomic mass is 19.4. The molecule has 0 saturated heterocycles. The molecule has 0 fully saturated rings. The summed E-state index contributed by atoms with van der Waals surface area (Å²) in [5.74, 6) is -2.13. The third-order valence-electron chi connectivity index (χ3n) is 0.859. The summed E-state index contributed by atoms with van der Waals surface area (Å²) in [5, 5.41) is 0. The molecule has 0 aromatic heterocycles. The molecule has 2 nitrogen and oxygen atoms in total. The number of rotatable bonds is 3. The van der Waals surface area contributed by atoms with Gasteiger partial charge in [-0.25, -0.2) is 4.79 Å². The maximum atomic E-state index is 11.4. The number of esters is 1. The zero-order valence-electron chi connectivity index (χ0n) is 5.78. The van der Waals surface area contributed by atoms with Crippen LogP contribution in [-0.4, -0.2) is 18.8 Å². The maximum Gasteiger partial charge on any atom is 0.490 e. The summed E-state index contributed by atoms with van der Waals surface area (Å²) >= 11 is 0. The van der Waals surface area contributed by atoms with Gasteiger partial charge in [0.2, 0.25) is 0 Å². The van der Waals surface area contributed by atoms with Crippen LogP contribution in [0.3, 0.4) is 0 Å². The van der Waals surface area contributed by atoms with E-state index in [1.807, 2.05) is 0 Å². The number of halogens is 3. The Kier molecular flexibility index (Phi) is 3.92. The Morgan fingerprint density at radius 3 is 2.36 bits per heavy atom. The van der Waals surface area contributed by atoms with E-state index in [1.54, 1.807) is 0 Å². The van der Waals surface area contributed by atoms with Gasteiger partial charge in [-0.05, 0) is 6.42 Å². The molecule has 0 aliphatic rings. The standard InChI is InChI=1S/C6H8F3O2/c1-2-3-4-11-5(10)6(7,8)9/h1-4H2. The molecule has 0 amide bonds. The molecule has 0 heterocycles. The predicted octanol–water partition coefficient (Wildman–Crippen LogP) is 1.71. The predicted molar refractivity (Wildman–Crippen MR) is 31.6 cm³/mol. The largest absolute Gasteiger partial charge is 0.490 e. The van der Waals surface area contributed by atoms with Crippen LogP contribution in [0.1, 0.15) is 12.8 Å². The monoisotopic (exact) mass is 169 g/mol. The smallest absolute Gasteiger partial charge is 0.459 e. The number of unbranched alkanes of at least 4 members (excludes halogenated alkanes) is 1. The molecule has 0 aliphatic heterocycles. The highest BCUT2D eigenvalue weighted by Gasteiger charge is 2.40. The fraction of sp³-hybridized carbons (Fsp3) is 0.667. The fourth-order valence-electron chi connectivity index (χ4n) is 0.349. The van der Waals surface area contributed by atoms with Crippen molar-refractivity contribution in [3.05, 3.63) is 6.92 Å². The van der Waals surface area contributed by atoms with E-state index in [2.05, 4.69) is 11.7 Å². The zero-order valence-corrected chi connectivity index (χ0v) is 5.78. The summed E-state index contributed by atoms with van der Waals surface area (Å²) in [6.07, 6.45) is -4.08. The molecule has 0 bridgehead atoms. The topological polar surface area (TPSA) is 26.3 Å². The molecule has 0 aromatic carbocycles. The first-order chi connectivity index (χ1) is 4.98. The molecule has 0 N–H and O–H groups in total. The van der Waals surface area contributed by atoms with Crippen molar-refractivity contribution in [3.63, 3.8) is 0 Å². The Labute approximate surface area is 62.3 Å². The van der Waals surface area contributed by atoms with Gasteiger partial charge < -0.3 is 4.74 Å². The van der Waals surface area contributed by atoms with E-state index in [-0.39, 0.29) is 6.61 Å². The summed E-state index contributed by atoms with van der Waals surface area (Å²) in [7, 11) is 0. The molecule has 0 rings (SSSR count). The van der Waals surface area contributed by atoms with Crippen LogP contribution in [0.4, 0.5) is 13.2 Å². The van der Waals surface area contributed by atoms with Crippen molar-refractivity contribution in [2.24, 2.45) is 0 Å². The van der Waals surface area contributed by atoms with E-state index >= 15 is 0 Å². The molecule has 1 radical (unpaired) electrons. The van der Waals surface area contributed by atoms with Crippen LogP contribution in [0.25, 0.3) is 0 Å². The molecule has 11 heavy (non-hydrogen) atoms. The van der Waals surface area contributed by atoms with E-state index in [0.717, 1.165) is 0 Å². The number of ether oxygens (including phenoxy) is 1. The van der Waals surface area contributed by atoms with Crippen LogP contribution in [0.5, 0.6) is 0 Å². The maximum absolute atomic E-state index is 11.4. The molecule has 0 aromatic rings. The lowest BCUT2D eigenvalue weighted by Crippen LogP contribution is -2.25. The van der Waals surface area contributed by atoms with Gasteiger partial charge in [-0.2, -0.15) is 13.2 Å². The number of hydrogen-bond donors (Lipinski definition) is 0. The minimum atomic E-state index is -4.87. The van der Waals surface area contributed by atoms with Crippen LogP contribution in [0, 0.1) is 6.92 Å². The minimum Gasteiger partial charge on any atom is -0.459 e. The molecular formula is C6H8F3O2. The van der Waals surface area contributed by atoms with Crippen LogP contribution < -0.4 is 0 Å². The van der Waals surface area contributed by atoms with Crippen LogP contribution in [-0.2, 0) is 9.53 Å². The third kappa shape index (κ3) is 4.64. The molecule has 5 heteroatoms. The van der Waals surface area contributed by atoms with E-state index < -0.39 is 12.1 Å². The first-order valence-electron chi connectivity index (χ1n) is 3.01. The number of alkyl halides is 3. The molecular weight excluding hydrogens is 161 g/mol.